The molecule has 100 valence electrons. The van der Waals surface area contributed by atoms with Gasteiger partial charge in [0.15, 0.2) is 0 Å². The highest BCUT2D eigenvalue weighted by Gasteiger charge is 2.04. The van der Waals surface area contributed by atoms with Gasteiger partial charge in [-0.3, -0.25) is 4.79 Å². The van der Waals surface area contributed by atoms with Gasteiger partial charge < -0.3 is 11.1 Å². The second kappa shape index (κ2) is 6.36. The minimum Gasteiger partial charge on any atom is -0.399 e. The summed E-state index contributed by atoms with van der Waals surface area (Å²) in [7, 11) is -3.16. The Labute approximate surface area is 107 Å². The molecule has 1 aromatic carbocycles. The Bertz CT molecular complexity index is 497. The van der Waals surface area contributed by atoms with Crippen LogP contribution < -0.4 is 15.8 Å². The van der Waals surface area contributed by atoms with Crippen molar-refractivity contribution in [3.05, 3.63) is 29.8 Å². The molecule has 18 heavy (non-hydrogen) atoms. The number of amides is 1. The Hall–Kier alpha value is -1.60. The summed E-state index contributed by atoms with van der Waals surface area (Å²) in [6, 6.07) is 6.58. The number of benzene rings is 1. The van der Waals surface area contributed by atoms with Crippen LogP contribution in [0.15, 0.2) is 24.3 Å². The maximum absolute atomic E-state index is 11.6. The van der Waals surface area contributed by atoms with Gasteiger partial charge in [-0.15, -0.1) is 0 Å². The Morgan fingerprint density at radius 1 is 1.22 bits per heavy atom. The molecule has 0 atom stereocenters. The van der Waals surface area contributed by atoms with Crippen LogP contribution in [0.1, 0.15) is 16.8 Å². The maximum Gasteiger partial charge on any atom is 0.251 e. The van der Waals surface area contributed by atoms with Crippen molar-refractivity contribution in [2.45, 2.75) is 6.42 Å². The van der Waals surface area contributed by atoms with Crippen LogP contribution in [-0.4, -0.2) is 33.7 Å². The average Bonchev–Trinajstić information content (AvgIpc) is 2.27. The Kier molecular flexibility index (Phi) is 5.11. The van der Waals surface area contributed by atoms with E-state index >= 15 is 0 Å². The third-order valence-electron chi connectivity index (χ3n) is 2.18. The van der Waals surface area contributed by atoms with Gasteiger partial charge in [-0.25, -0.2) is 13.1 Å². The zero-order chi connectivity index (χ0) is 13.6. The highest BCUT2D eigenvalue weighted by atomic mass is 32.2. The van der Waals surface area contributed by atoms with Crippen LogP contribution in [0.25, 0.3) is 0 Å². The molecule has 0 fully saturated rings. The molecule has 6 nitrogen and oxygen atoms in total. The van der Waals surface area contributed by atoms with E-state index in [1.54, 1.807) is 24.3 Å². The van der Waals surface area contributed by atoms with Crippen LogP contribution >= 0.6 is 0 Å². The van der Waals surface area contributed by atoms with E-state index in [4.69, 9.17) is 5.73 Å². The highest BCUT2D eigenvalue weighted by molar-refractivity contribution is 7.88. The molecule has 0 bridgehead atoms. The van der Waals surface area contributed by atoms with Crippen molar-refractivity contribution in [3.8, 4) is 0 Å². The number of carbonyl (C=O) groups excluding carboxylic acids is 1. The van der Waals surface area contributed by atoms with Gasteiger partial charge in [0.2, 0.25) is 10.0 Å². The lowest BCUT2D eigenvalue weighted by molar-refractivity contribution is 0.0953. The van der Waals surface area contributed by atoms with E-state index in [2.05, 4.69) is 10.0 Å². The summed E-state index contributed by atoms with van der Waals surface area (Å²) in [6.45, 7) is 0.715. The minimum atomic E-state index is -3.16. The third-order valence-corrected chi connectivity index (χ3v) is 2.90. The van der Waals surface area contributed by atoms with Crippen molar-refractivity contribution in [3.63, 3.8) is 0 Å². The van der Waals surface area contributed by atoms with Crippen molar-refractivity contribution >= 4 is 21.6 Å². The van der Waals surface area contributed by atoms with E-state index in [1.165, 1.54) is 0 Å². The summed E-state index contributed by atoms with van der Waals surface area (Å²) in [5.74, 6) is -0.200. The molecule has 0 aliphatic rings. The number of hydrogen-bond donors (Lipinski definition) is 3. The van der Waals surface area contributed by atoms with Crippen molar-refractivity contribution in [1.29, 1.82) is 0 Å². The third kappa shape index (κ3) is 5.65. The minimum absolute atomic E-state index is 0.200. The largest absolute Gasteiger partial charge is 0.399 e. The monoisotopic (exact) mass is 271 g/mol. The fraction of sp³-hybridized carbons (Fsp3) is 0.364. The fourth-order valence-corrected chi connectivity index (χ4v) is 1.80. The van der Waals surface area contributed by atoms with Crippen molar-refractivity contribution in [1.82, 2.24) is 10.0 Å². The summed E-state index contributed by atoms with van der Waals surface area (Å²) in [6.07, 6.45) is 1.63. The molecule has 0 saturated carbocycles. The molecule has 1 rings (SSSR count). The van der Waals surface area contributed by atoms with E-state index in [0.29, 0.717) is 30.8 Å². The number of anilines is 1. The number of nitrogen functional groups attached to an aromatic ring is 1. The molecule has 0 unspecified atom stereocenters. The summed E-state index contributed by atoms with van der Waals surface area (Å²) in [5.41, 5.74) is 6.64. The number of nitrogens with one attached hydrogen (secondary N) is 2. The molecule has 0 radical (unpaired) electrons. The summed E-state index contributed by atoms with van der Waals surface area (Å²) in [5, 5.41) is 2.69. The number of hydrogen-bond acceptors (Lipinski definition) is 4. The molecule has 7 heteroatoms. The number of rotatable bonds is 6. The van der Waals surface area contributed by atoms with Gasteiger partial charge in [0.05, 0.1) is 6.26 Å². The zero-order valence-corrected chi connectivity index (χ0v) is 11.0. The van der Waals surface area contributed by atoms with Gasteiger partial charge >= 0.3 is 0 Å². The van der Waals surface area contributed by atoms with Gasteiger partial charge in [0.1, 0.15) is 0 Å². The van der Waals surface area contributed by atoms with Crippen LogP contribution in [0.5, 0.6) is 0 Å². The smallest absolute Gasteiger partial charge is 0.251 e. The molecule has 0 heterocycles. The lowest BCUT2D eigenvalue weighted by Gasteiger charge is -2.05. The second-order valence-electron chi connectivity index (χ2n) is 3.90. The van der Waals surface area contributed by atoms with Crippen LogP contribution in [0, 0.1) is 0 Å². The quantitative estimate of drug-likeness (QED) is 0.498. The fourth-order valence-electron chi connectivity index (χ4n) is 1.28. The predicted molar refractivity (Wildman–Crippen MR) is 70.7 cm³/mol. The first-order chi connectivity index (χ1) is 8.38. The zero-order valence-electron chi connectivity index (χ0n) is 10.1. The topological polar surface area (TPSA) is 101 Å². The highest BCUT2D eigenvalue weighted by Crippen LogP contribution is 2.04. The van der Waals surface area contributed by atoms with Gasteiger partial charge in [-0.05, 0) is 30.7 Å². The molecule has 0 saturated heterocycles. The molecule has 1 aromatic rings. The molecule has 0 aliphatic carbocycles. The lowest BCUT2D eigenvalue weighted by atomic mass is 10.2. The van der Waals surface area contributed by atoms with Crippen LogP contribution in [-0.2, 0) is 10.0 Å². The summed E-state index contributed by atoms with van der Waals surface area (Å²) < 4.78 is 23.9. The van der Waals surface area contributed by atoms with E-state index < -0.39 is 10.0 Å². The van der Waals surface area contributed by atoms with Gasteiger partial charge in [0, 0.05) is 24.3 Å². The Morgan fingerprint density at radius 2 is 1.83 bits per heavy atom. The normalized spacial score (nSPS) is 11.2. The number of sulfonamides is 1. The van der Waals surface area contributed by atoms with Gasteiger partial charge in [0.25, 0.3) is 5.91 Å². The van der Waals surface area contributed by atoms with Crippen LogP contribution in [0.2, 0.25) is 0 Å². The molecule has 0 aliphatic heterocycles. The molecule has 4 N–H and O–H groups in total. The lowest BCUT2D eigenvalue weighted by Crippen LogP contribution is -2.29. The second-order valence-corrected chi connectivity index (χ2v) is 5.73. The molecule has 0 spiro atoms. The first kappa shape index (κ1) is 14.5. The van der Waals surface area contributed by atoms with E-state index in [0.717, 1.165) is 6.26 Å². The maximum atomic E-state index is 11.6. The van der Waals surface area contributed by atoms with Crippen LogP contribution in [0.3, 0.4) is 0 Å². The standard InChI is InChI=1S/C11H17N3O3S/c1-18(16,17)14-8-2-7-13-11(15)9-3-5-10(12)6-4-9/h3-6,14H,2,7-8,12H2,1H3,(H,13,15). The SMILES string of the molecule is CS(=O)(=O)NCCCNC(=O)c1ccc(N)cc1. The van der Waals surface area contributed by atoms with Gasteiger partial charge in [-0.2, -0.15) is 0 Å². The average molecular weight is 271 g/mol. The van der Waals surface area contributed by atoms with Crippen molar-refractivity contribution in [2.75, 3.05) is 25.1 Å². The van der Waals surface area contributed by atoms with Gasteiger partial charge in [-0.1, -0.05) is 0 Å². The molecular weight excluding hydrogens is 254 g/mol. The molecular formula is C11H17N3O3S. The molecule has 0 aromatic heterocycles. The van der Waals surface area contributed by atoms with Crippen molar-refractivity contribution in [2.24, 2.45) is 0 Å². The van der Waals surface area contributed by atoms with E-state index in [-0.39, 0.29) is 5.91 Å². The number of nitrogens with two attached hydrogens (primary N) is 1. The molecule has 1 amide bonds. The first-order valence-corrected chi connectivity index (χ1v) is 7.36. The summed E-state index contributed by atoms with van der Waals surface area (Å²) in [4.78, 5) is 11.6. The first-order valence-electron chi connectivity index (χ1n) is 5.47. The van der Waals surface area contributed by atoms with Crippen molar-refractivity contribution < 1.29 is 13.2 Å². The van der Waals surface area contributed by atoms with E-state index in [9.17, 15) is 13.2 Å². The predicted octanol–water partition coefficient (Wildman–Crippen LogP) is -0.0621. The van der Waals surface area contributed by atoms with Crippen LogP contribution in [0.4, 0.5) is 5.69 Å². The Balaban J connectivity index is 2.28. The number of carbonyl (C=O) groups is 1. The Morgan fingerprint density at radius 3 is 2.39 bits per heavy atom. The summed E-state index contributed by atoms with van der Waals surface area (Å²) >= 11 is 0. The van der Waals surface area contributed by atoms with E-state index in [1.807, 2.05) is 0 Å².